The third-order valence-electron chi connectivity index (χ3n) is 2.74. The van der Waals surface area contributed by atoms with Crippen molar-refractivity contribution in [2.24, 2.45) is 0 Å². The van der Waals surface area contributed by atoms with E-state index < -0.39 is 17.6 Å². The van der Waals surface area contributed by atoms with Gasteiger partial charge in [0.15, 0.2) is 0 Å². The number of halogens is 5. The van der Waals surface area contributed by atoms with Crippen LogP contribution in [0.15, 0.2) is 40.9 Å². The van der Waals surface area contributed by atoms with Gasteiger partial charge in [0.2, 0.25) is 0 Å². The van der Waals surface area contributed by atoms with Crippen molar-refractivity contribution >= 4 is 39.1 Å². The van der Waals surface area contributed by atoms with Crippen LogP contribution in [0.25, 0.3) is 0 Å². The summed E-state index contributed by atoms with van der Waals surface area (Å²) in [5, 5.41) is 12.2. The van der Waals surface area contributed by atoms with Gasteiger partial charge in [-0.15, -0.1) is 0 Å². The molecular formula is C14H8BrClF3NO2. The van der Waals surface area contributed by atoms with Crippen molar-refractivity contribution in [3.63, 3.8) is 0 Å². The van der Waals surface area contributed by atoms with Gasteiger partial charge in [-0.1, -0.05) is 27.5 Å². The Bertz CT molecular complexity index is 735. The molecule has 2 rings (SSSR count). The summed E-state index contributed by atoms with van der Waals surface area (Å²) in [7, 11) is 0. The van der Waals surface area contributed by atoms with Crippen LogP contribution in [0.3, 0.4) is 0 Å². The molecule has 0 radical (unpaired) electrons. The topological polar surface area (TPSA) is 49.3 Å². The van der Waals surface area contributed by atoms with Crippen LogP contribution < -0.4 is 5.32 Å². The Morgan fingerprint density at radius 3 is 2.45 bits per heavy atom. The normalized spacial score (nSPS) is 11.3. The number of carbonyl (C=O) groups is 1. The maximum Gasteiger partial charge on any atom is 0.417 e. The molecule has 0 aliphatic carbocycles. The Labute approximate surface area is 136 Å². The molecule has 2 aromatic rings. The summed E-state index contributed by atoms with van der Waals surface area (Å²) in [5.41, 5.74) is -0.788. The first-order chi connectivity index (χ1) is 10.2. The minimum Gasteiger partial charge on any atom is -0.507 e. The summed E-state index contributed by atoms with van der Waals surface area (Å²) < 4.78 is 37.7. The molecule has 3 nitrogen and oxygen atoms in total. The van der Waals surface area contributed by atoms with Crippen LogP contribution in [-0.4, -0.2) is 11.0 Å². The van der Waals surface area contributed by atoms with Crippen LogP contribution in [-0.2, 0) is 6.18 Å². The lowest BCUT2D eigenvalue weighted by atomic mass is 10.1. The zero-order valence-electron chi connectivity index (χ0n) is 10.7. The number of anilines is 1. The maximum absolute atomic E-state index is 12.6. The number of phenolic OH excluding ortho intramolecular Hbond substituents is 1. The molecule has 0 atom stereocenters. The predicted molar refractivity (Wildman–Crippen MR) is 80.2 cm³/mol. The van der Waals surface area contributed by atoms with E-state index in [2.05, 4.69) is 21.2 Å². The highest BCUT2D eigenvalue weighted by atomic mass is 79.9. The summed E-state index contributed by atoms with van der Waals surface area (Å²) in [5.74, 6) is -0.973. The fraction of sp³-hybridized carbons (Fsp3) is 0.0714. The van der Waals surface area contributed by atoms with Gasteiger partial charge in [-0.3, -0.25) is 4.79 Å². The second-order valence-corrected chi connectivity index (χ2v) is 5.60. The number of hydrogen-bond acceptors (Lipinski definition) is 2. The van der Waals surface area contributed by atoms with Crippen LogP contribution in [0, 0.1) is 0 Å². The number of alkyl halides is 3. The Kier molecular flexibility index (Phi) is 4.67. The molecule has 116 valence electrons. The molecule has 0 saturated carbocycles. The Morgan fingerprint density at radius 2 is 1.86 bits per heavy atom. The number of aromatic hydroxyl groups is 1. The number of benzene rings is 2. The van der Waals surface area contributed by atoms with Crippen molar-refractivity contribution in [2.75, 3.05) is 5.32 Å². The molecule has 8 heteroatoms. The largest absolute Gasteiger partial charge is 0.507 e. The number of carbonyl (C=O) groups excluding carboxylic acids is 1. The van der Waals surface area contributed by atoms with Crippen LogP contribution in [0.1, 0.15) is 15.9 Å². The van der Waals surface area contributed by atoms with E-state index in [1.807, 2.05) is 0 Å². The van der Waals surface area contributed by atoms with E-state index >= 15 is 0 Å². The van der Waals surface area contributed by atoms with Crippen LogP contribution in [0.4, 0.5) is 18.9 Å². The molecule has 1 amide bonds. The first-order valence-electron chi connectivity index (χ1n) is 5.85. The predicted octanol–water partition coefficient (Wildman–Crippen LogP) is 5.08. The van der Waals surface area contributed by atoms with Crippen molar-refractivity contribution in [2.45, 2.75) is 6.18 Å². The van der Waals surface area contributed by atoms with Crippen molar-refractivity contribution in [3.8, 4) is 5.75 Å². The molecule has 0 aliphatic heterocycles. The number of hydrogen-bond donors (Lipinski definition) is 2. The van der Waals surface area contributed by atoms with Gasteiger partial charge in [-0.25, -0.2) is 0 Å². The molecule has 0 heterocycles. The minimum absolute atomic E-state index is 0.0801. The quantitative estimate of drug-likeness (QED) is 0.746. The minimum atomic E-state index is -4.49. The molecule has 0 saturated heterocycles. The molecular weight excluding hydrogens is 387 g/mol. The molecule has 0 bridgehead atoms. The molecule has 0 spiro atoms. The zero-order chi connectivity index (χ0) is 16.5. The summed E-state index contributed by atoms with van der Waals surface area (Å²) in [6.07, 6.45) is -4.49. The first kappa shape index (κ1) is 16.6. The van der Waals surface area contributed by atoms with Gasteiger partial charge >= 0.3 is 6.18 Å². The van der Waals surface area contributed by atoms with E-state index in [0.717, 1.165) is 18.2 Å². The number of amides is 1. The molecule has 2 aromatic carbocycles. The second-order valence-electron chi connectivity index (χ2n) is 4.31. The Balaban J connectivity index is 2.26. The highest BCUT2D eigenvalue weighted by molar-refractivity contribution is 9.10. The third-order valence-corrected chi connectivity index (χ3v) is 3.63. The van der Waals surface area contributed by atoms with E-state index in [1.54, 1.807) is 0 Å². The highest BCUT2D eigenvalue weighted by Gasteiger charge is 2.32. The zero-order valence-corrected chi connectivity index (χ0v) is 13.1. The standard InChI is InChI=1S/C14H8BrClF3NO2/c15-11-6-8(2-3-10(11)14(17,18)19)20-13(22)9-5-7(16)1-4-12(9)21/h1-6,21H,(H,20,22). The fourth-order valence-electron chi connectivity index (χ4n) is 1.71. The summed E-state index contributed by atoms with van der Waals surface area (Å²) >= 11 is 8.55. The maximum atomic E-state index is 12.6. The fourth-order valence-corrected chi connectivity index (χ4v) is 2.49. The summed E-state index contributed by atoms with van der Waals surface area (Å²) in [6.45, 7) is 0. The van der Waals surface area contributed by atoms with E-state index in [-0.39, 0.29) is 26.5 Å². The lowest BCUT2D eigenvalue weighted by Crippen LogP contribution is -2.13. The van der Waals surface area contributed by atoms with Crippen LogP contribution in [0.5, 0.6) is 5.75 Å². The second kappa shape index (κ2) is 6.18. The van der Waals surface area contributed by atoms with Crippen molar-refractivity contribution in [3.05, 3.63) is 57.0 Å². The van der Waals surface area contributed by atoms with Crippen molar-refractivity contribution in [1.82, 2.24) is 0 Å². The van der Waals surface area contributed by atoms with Gasteiger partial charge in [-0.05, 0) is 36.4 Å². The smallest absolute Gasteiger partial charge is 0.417 e. The van der Waals surface area contributed by atoms with E-state index in [0.29, 0.717) is 0 Å². The molecule has 0 aromatic heterocycles. The lowest BCUT2D eigenvalue weighted by molar-refractivity contribution is -0.138. The van der Waals surface area contributed by atoms with Gasteiger partial charge in [0, 0.05) is 15.2 Å². The van der Waals surface area contributed by atoms with Crippen LogP contribution >= 0.6 is 27.5 Å². The average Bonchev–Trinajstić information content (AvgIpc) is 2.40. The van der Waals surface area contributed by atoms with Crippen molar-refractivity contribution < 1.29 is 23.1 Å². The van der Waals surface area contributed by atoms with Crippen LogP contribution in [0.2, 0.25) is 5.02 Å². The SMILES string of the molecule is O=C(Nc1ccc(C(F)(F)F)c(Br)c1)c1cc(Cl)ccc1O. The molecule has 2 N–H and O–H groups in total. The van der Waals surface area contributed by atoms with Gasteiger partial charge in [0.1, 0.15) is 5.75 Å². The molecule has 0 unspecified atom stereocenters. The average molecular weight is 395 g/mol. The van der Waals surface area contributed by atoms with Gasteiger partial charge in [-0.2, -0.15) is 13.2 Å². The summed E-state index contributed by atoms with van der Waals surface area (Å²) in [6, 6.07) is 7.00. The number of rotatable bonds is 2. The van der Waals surface area contributed by atoms with Crippen molar-refractivity contribution in [1.29, 1.82) is 0 Å². The number of phenols is 1. The first-order valence-corrected chi connectivity index (χ1v) is 7.02. The molecule has 22 heavy (non-hydrogen) atoms. The van der Waals surface area contributed by atoms with E-state index in [4.69, 9.17) is 11.6 Å². The summed E-state index contributed by atoms with van der Waals surface area (Å²) in [4.78, 5) is 12.0. The van der Waals surface area contributed by atoms with E-state index in [1.165, 1.54) is 18.2 Å². The lowest BCUT2D eigenvalue weighted by Gasteiger charge is -2.12. The van der Waals surface area contributed by atoms with E-state index in [9.17, 15) is 23.1 Å². The number of nitrogens with one attached hydrogen (secondary N) is 1. The van der Waals surface area contributed by atoms with Gasteiger partial charge in [0.05, 0.1) is 11.1 Å². The van der Waals surface area contributed by atoms with Gasteiger partial charge < -0.3 is 10.4 Å². The molecule has 0 fully saturated rings. The monoisotopic (exact) mass is 393 g/mol. The molecule has 0 aliphatic rings. The third kappa shape index (κ3) is 3.72. The van der Waals surface area contributed by atoms with Gasteiger partial charge in [0.25, 0.3) is 5.91 Å². The highest BCUT2D eigenvalue weighted by Crippen LogP contribution is 2.36. The Morgan fingerprint density at radius 1 is 1.18 bits per heavy atom. The Hall–Kier alpha value is -1.73.